The van der Waals surface area contributed by atoms with Gasteiger partial charge in [-0.1, -0.05) is 36.8 Å². The molecule has 2 rings (SSSR count). The van der Waals surface area contributed by atoms with Gasteiger partial charge >= 0.3 is 0 Å². The Labute approximate surface area is 103 Å². The third-order valence-electron chi connectivity index (χ3n) is 3.64. The third-order valence-corrected chi connectivity index (χ3v) is 3.64. The molecule has 0 spiro atoms. The van der Waals surface area contributed by atoms with Gasteiger partial charge in [0.1, 0.15) is 5.78 Å². The van der Waals surface area contributed by atoms with Crippen LogP contribution in [0.5, 0.6) is 0 Å². The van der Waals surface area contributed by atoms with Crippen molar-refractivity contribution < 1.29 is 9.90 Å². The number of aliphatic hydroxyl groups is 1. The first-order valence-corrected chi connectivity index (χ1v) is 6.52. The van der Waals surface area contributed by atoms with E-state index >= 15 is 0 Å². The summed E-state index contributed by atoms with van der Waals surface area (Å²) < 4.78 is 0. The normalized spacial score (nSPS) is 22.4. The van der Waals surface area contributed by atoms with Gasteiger partial charge in [0.05, 0.1) is 6.10 Å². The average molecular weight is 232 g/mol. The Kier molecular flexibility index (Phi) is 4.32. The van der Waals surface area contributed by atoms with Crippen LogP contribution in [0.1, 0.15) is 37.7 Å². The summed E-state index contributed by atoms with van der Waals surface area (Å²) in [6, 6.07) is 10.1. The van der Waals surface area contributed by atoms with E-state index in [2.05, 4.69) is 12.1 Å². The lowest BCUT2D eigenvalue weighted by atomic mass is 9.82. The van der Waals surface area contributed by atoms with Crippen LogP contribution in [-0.4, -0.2) is 17.0 Å². The number of hydrogen-bond donors (Lipinski definition) is 1. The second-order valence-corrected chi connectivity index (χ2v) is 4.91. The van der Waals surface area contributed by atoms with E-state index in [1.165, 1.54) is 5.56 Å². The molecule has 1 N–H and O–H groups in total. The van der Waals surface area contributed by atoms with E-state index in [9.17, 15) is 9.90 Å². The fourth-order valence-corrected chi connectivity index (χ4v) is 2.58. The number of benzene rings is 1. The van der Waals surface area contributed by atoms with Gasteiger partial charge < -0.3 is 5.11 Å². The molecule has 0 unspecified atom stereocenters. The Morgan fingerprint density at radius 1 is 1.24 bits per heavy atom. The molecule has 0 amide bonds. The van der Waals surface area contributed by atoms with Crippen molar-refractivity contribution in [3.63, 3.8) is 0 Å². The molecule has 0 heterocycles. The van der Waals surface area contributed by atoms with Gasteiger partial charge in [0.15, 0.2) is 0 Å². The van der Waals surface area contributed by atoms with E-state index in [0.717, 1.165) is 25.7 Å². The average Bonchev–Trinajstić information content (AvgIpc) is 2.38. The summed E-state index contributed by atoms with van der Waals surface area (Å²) in [4.78, 5) is 11.7. The van der Waals surface area contributed by atoms with Crippen molar-refractivity contribution in [2.75, 3.05) is 0 Å². The van der Waals surface area contributed by atoms with Crippen LogP contribution in [0.2, 0.25) is 0 Å². The molecule has 0 saturated heterocycles. The van der Waals surface area contributed by atoms with Gasteiger partial charge in [-0.25, -0.2) is 0 Å². The van der Waals surface area contributed by atoms with E-state index in [-0.39, 0.29) is 11.7 Å². The number of aryl methyl sites for hydroxylation is 1. The second-order valence-electron chi connectivity index (χ2n) is 4.91. The van der Waals surface area contributed by atoms with Crippen molar-refractivity contribution in [3.05, 3.63) is 35.9 Å². The van der Waals surface area contributed by atoms with Gasteiger partial charge in [0.25, 0.3) is 0 Å². The maximum Gasteiger partial charge on any atom is 0.138 e. The van der Waals surface area contributed by atoms with E-state index < -0.39 is 6.10 Å². The van der Waals surface area contributed by atoms with Crippen LogP contribution >= 0.6 is 0 Å². The number of Topliss-reactive ketones (excluding diaryl/α,β-unsaturated/α-hetero) is 1. The van der Waals surface area contributed by atoms with E-state index in [1.807, 2.05) is 18.2 Å². The molecule has 1 aliphatic carbocycles. The Morgan fingerprint density at radius 2 is 2.00 bits per heavy atom. The molecule has 17 heavy (non-hydrogen) atoms. The van der Waals surface area contributed by atoms with Crippen LogP contribution in [0, 0.1) is 5.92 Å². The maximum atomic E-state index is 11.7. The number of carbonyl (C=O) groups excluding carboxylic acids is 1. The third kappa shape index (κ3) is 3.40. The van der Waals surface area contributed by atoms with Gasteiger partial charge in [0.2, 0.25) is 0 Å². The van der Waals surface area contributed by atoms with Gasteiger partial charge in [-0.2, -0.15) is 0 Å². The molecule has 2 nitrogen and oxygen atoms in total. The van der Waals surface area contributed by atoms with Gasteiger partial charge in [-0.3, -0.25) is 4.79 Å². The van der Waals surface area contributed by atoms with E-state index in [0.29, 0.717) is 12.8 Å². The molecule has 1 aromatic rings. The summed E-state index contributed by atoms with van der Waals surface area (Å²) in [6.07, 6.45) is 4.70. The first-order chi connectivity index (χ1) is 8.27. The monoisotopic (exact) mass is 232 g/mol. The molecular weight excluding hydrogens is 212 g/mol. The minimum atomic E-state index is -0.456. The number of rotatable bonds is 4. The highest BCUT2D eigenvalue weighted by Crippen LogP contribution is 2.25. The van der Waals surface area contributed by atoms with Crippen LogP contribution in [0.15, 0.2) is 30.3 Å². The molecule has 1 aliphatic rings. The minimum absolute atomic E-state index is 0.104. The summed E-state index contributed by atoms with van der Waals surface area (Å²) in [6.45, 7) is 0. The predicted molar refractivity (Wildman–Crippen MR) is 67.7 cm³/mol. The first-order valence-electron chi connectivity index (χ1n) is 6.52. The zero-order chi connectivity index (χ0) is 12.1. The number of aliphatic hydroxyl groups excluding tert-OH is 1. The Balaban J connectivity index is 1.84. The largest absolute Gasteiger partial charge is 0.392 e. The minimum Gasteiger partial charge on any atom is -0.392 e. The molecule has 92 valence electrons. The zero-order valence-corrected chi connectivity index (χ0v) is 10.1. The van der Waals surface area contributed by atoms with E-state index in [1.54, 1.807) is 0 Å². The lowest BCUT2D eigenvalue weighted by Crippen LogP contribution is -2.31. The van der Waals surface area contributed by atoms with Gasteiger partial charge in [-0.05, 0) is 31.2 Å². The summed E-state index contributed by atoms with van der Waals surface area (Å²) in [5.41, 5.74) is 1.23. The molecule has 1 fully saturated rings. The van der Waals surface area contributed by atoms with Crippen LogP contribution in [0.4, 0.5) is 0 Å². The Bertz CT molecular complexity index is 358. The topological polar surface area (TPSA) is 37.3 Å². The smallest absolute Gasteiger partial charge is 0.138 e. The van der Waals surface area contributed by atoms with Crippen molar-refractivity contribution in [1.82, 2.24) is 0 Å². The van der Waals surface area contributed by atoms with Crippen molar-refractivity contribution in [3.8, 4) is 0 Å². The predicted octanol–water partition coefficient (Wildman–Crippen LogP) is 2.74. The second kappa shape index (κ2) is 5.97. The maximum absolute atomic E-state index is 11.7. The quantitative estimate of drug-likeness (QED) is 0.866. The summed E-state index contributed by atoms with van der Waals surface area (Å²) in [7, 11) is 0. The highest BCUT2D eigenvalue weighted by Gasteiger charge is 2.28. The van der Waals surface area contributed by atoms with Crippen LogP contribution in [0.25, 0.3) is 0 Å². The fraction of sp³-hybridized carbons (Fsp3) is 0.533. The fourth-order valence-electron chi connectivity index (χ4n) is 2.58. The van der Waals surface area contributed by atoms with Gasteiger partial charge in [0, 0.05) is 12.3 Å². The molecule has 0 radical (unpaired) electrons. The van der Waals surface area contributed by atoms with Crippen LogP contribution < -0.4 is 0 Å². The van der Waals surface area contributed by atoms with Crippen LogP contribution in [0.3, 0.4) is 0 Å². The van der Waals surface area contributed by atoms with Crippen LogP contribution in [-0.2, 0) is 11.2 Å². The van der Waals surface area contributed by atoms with Crippen molar-refractivity contribution >= 4 is 5.78 Å². The Hall–Kier alpha value is -1.15. The lowest BCUT2D eigenvalue weighted by molar-refractivity contribution is -0.128. The van der Waals surface area contributed by atoms with E-state index in [4.69, 9.17) is 0 Å². The molecule has 0 aromatic heterocycles. The lowest BCUT2D eigenvalue weighted by Gasteiger charge is -2.25. The molecule has 2 heteroatoms. The SMILES string of the molecule is O=C1CCCC[C@H]1[C@@H](O)CCc1ccccc1. The summed E-state index contributed by atoms with van der Waals surface area (Å²) >= 11 is 0. The molecular formula is C15H20O2. The number of hydrogen-bond acceptors (Lipinski definition) is 2. The standard InChI is InChI=1S/C15H20O2/c16-14-9-5-4-8-13(14)15(17)11-10-12-6-2-1-3-7-12/h1-3,6-7,13,15,17H,4-5,8-11H2/t13-,15+/m1/s1. The van der Waals surface area contributed by atoms with Gasteiger partial charge in [-0.15, -0.1) is 0 Å². The van der Waals surface area contributed by atoms with Crippen molar-refractivity contribution in [1.29, 1.82) is 0 Å². The molecule has 0 aliphatic heterocycles. The first kappa shape index (κ1) is 12.3. The molecule has 1 saturated carbocycles. The summed E-state index contributed by atoms with van der Waals surface area (Å²) in [5, 5.41) is 10.1. The number of ketones is 1. The molecule has 0 bridgehead atoms. The molecule has 2 atom stereocenters. The highest BCUT2D eigenvalue weighted by molar-refractivity contribution is 5.82. The van der Waals surface area contributed by atoms with Crippen molar-refractivity contribution in [2.24, 2.45) is 5.92 Å². The number of carbonyl (C=O) groups is 1. The summed E-state index contributed by atoms with van der Waals surface area (Å²) in [5.74, 6) is 0.157. The zero-order valence-electron chi connectivity index (χ0n) is 10.1. The van der Waals surface area contributed by atoms with Crippen molar-refractivity contribution in [2.45, 2.75) is 44.6 Å². The molecule has 1 aromatic carbocycles. The highest BCUT2D eigenvalue weighted by atomic mass is 16.3. The Morgan fingerprint density at radius 3 is 2.71 bits per heavy atom.